The summed E-state index contributed by atoms with van der Waals surface area (Å²) < 4.78 is 0. The van der Waals surface area contributed by atoms with Crippen LogP contribution in [0.1, 0.15) is 12.1 Å². The van der Waals surface area contributed by atoms with Crippen molar-refractivity contribution in [2.45, 2.75) is 17.7 Å². The van der Waals surface area contributed by atoms with Crippen molar-refractivity contribution in [3.8, 4) is 0 Å². The van der Waals surface area contributed by atoms with Gasteiger partial charge in [-0.05, 0) is 12.1 Å². The van der Waals surface area contributed by atoms with Crippen LogP contribution in [0.15, 0.2) is 40.1 Å². The number of nitrogens with one attached hydrogen (secondary N) is 1. The largest absolute Gasteiger partial charge is 0.356 e. The molecule has 2 aromatic rings. The molecule has 1 amide bonds. The molecule has 1 heterocycles. The standard InChI is InChI=1S/C14H15ClN2OS2/c15-12-3-1-2-4-13(12)20-8-6-14(18)16-7-5-11-9-19-10-17-11/h1-4,9-10H,5-8H2,(H,16,18). The summed E-state index contributed by atoms with van der Waals surface area (Å²) in [5, 5.41) is 5.64. The Hall–Kier alpha value is -1.04. The summed E-state index contributed by atoms with van der Waals surface area (Å²) in [6, 6.07) is 7.67. The maximum absolute atomic E-state index is 11.7. The van der Waals surface area contributed by atoms with Gasteiger partial charge in [0.1, 0.15) is 0 Å². The van der Waals surface area contributed by atoms with Gasteiger partial charge < -0.3 is 5.32 Å². The average molecular weight is 327 g/mol. The molecule has 3 nitrogen and oxygen atoms in total. The summed E-state index contributed by atoms with van der Waals surface area (Å²) in [5.74, 6) is 0.798. The first-order valence-electron chi connectivity index (χ1n) is 6.27. The topological polar surface area (TPSA) is 42.0 Å². The molecule has 0 bridgehead atoms. The van der Waals surface area contributed by atoms with Crippen LogP contribution < -0.4 is 5.32 Å². The Bertz CT molecular complexity index is 546. The number of carbonyl (C=O) groups excluding carboxylic acids is 1. The molecule has 0 fully saturated rings. The molecule has 0 saturated carbocycles. The van der Waals surface area contributed by atoms with Gasteiger partial charge in [-0.2, -0.15) is 0 Å². The molecule has 1 N–H and O–H groups in total. The van der Waals surface area contributed by atoms with Crippen LogP contribution in [0.3, 0.4) is 0 Å². The maximum atomic E-state index is 11.7. The van der Waals surface area contributed by atoms with Crippen molar-refractivity contribution in [3.63, 3.8) is 0 Å². The quantitative estimate of drug-likeness (QED) is 0.790. The summed E-state index contributed by atoms with van der Waals surface area (Å²) in [6.45, 7) is 0.638. The van der Waals surface area contributed by atoms with Gasteiger partial charge in [0.15, 0.2) is 0 Å². The molecule has 20 heavy (non-hydrogen) atoms. The molecular weight excluding hydrogens is 312 g/mol. The number of rotatable bonds is 7. The molecule has 0 spiro atoms. The van der Waals surface area contributed by atoms with Gasteiger partial charge >= 0.3 is 0 Å². The van der Waals surface area contributed by atoms with Crippen molar-refractivity contribution in [1.29, 1.82) is 0 Å². The third-order valence-electron chi connectivity index (χ3n) is 2.61. The van der Waals surface area contributed by atoms with Crippen LogP contribution in [0.2, 0.25) is 5.02 Å². The summed E-state index contributed by atoms with van der Waals surface area (Å²) in [6.07, 6.45) is 1.28. The zero-order chi connectivity index (χ0) is 14.2. The van der Waals surface area contributed by atoms with Crippen LogP contribution in [-0.4, -0.2) is 23.2 Å². The van der Waals surface area contributed by atoms with Crippen molar-refractivity contribution in [1.82, 2.24) is 10.3 Å². The predicted molar refractivity (Wildman–Crippen MR) is 85.6 cm³/mol. The zero-order valence-corrected chi connectivity index (χ0v) is 13.2. The third kappa shape index (κ3) is 5.15. The molecule has 1 aromatic carbocycles. The molecule has 0 saturated heterocycles. The number of benzene rings is 1. The number of thioether (sulfide) groups is 1. The fraction of sp³-hybridized carbons (Fsp3) is 0.286. The van der Waals surface area contributed by atoms with E-state index < -0.39 is 0 Å². The lowest BCUT2D eigenvalue weighted by Gasteiger charge is -2.05. The van der Waals surface area contributed by atoms with Gasteiger partial charge in [0.25, 0.3) is 0 Å². The number of hydrogen-bond acceptors (Lipinski definition) is 4. The Balaban J connectivity index is 1.62. The van der Waals surface area contributed by atoms with Crippen molar-refractivity contribution < 1.29 is 4.79 Å². The van der Waals surface area contributed by atoms with Crippen molar-refractivity contribution >= 4 is 40.6 Å². The van der Waals surface area contributed by atoms with Crippen LogP contribution >= 0.6 is 34.7 Å². The highest BCUT2D eigenvalue weighted by molar-refractivity contribution is 7.99. The smallest absolute Gasteiger partial charge is 0.220 e. The van der Waals surface area contributed by atoms with E-state index in [2.05, 4.69) is 10.3 Å². The molecule has 0 aliphatic carbocycles. The molecule has 0 aliphatic rings. The maximum Gasteiger partial charge on any atom is 0.220 e. The van der Waals surface area contributed by atoms with E-state index in [-0.39, 0.29) is 5.91 Å². The number of carbonyl (C=O) groups is 1. The number of aromatic nitrogens is 1. The Morgan fingerprint density at radius 2 is 2.25 bits per heavy atom. The monoisotopic (exact) mass is 326 g/mol. The fourth-order valence-electron chi connectivity index (χ4n) is 1.59. The number of hydrogen-bond donors (Lipinski definition) is 1. The molecule has 6 heteroatoms. The summed E-state index contributed by atoms with van der Waals surface area (Å²) in [7, 11) is 0. The summed E-state index contributed by atoms with van der Waals surface area (Å²) >= 11 is 9.23. The van der Waals surface area contributed by atoms with Gasteiger partial charge in [0, 0.05) is 35.4 Å². The highest BCUT2D eigenvalue weighted by Gasteiger charge is 2.04. The summed E-state index contributed by atoms with van der Waals surface area (Å²) in [4.78, 5) is 16.9. The lowest BCUT2D eigenvalue weighted by molar-refractivity contribution is -0.120. The van der Waals surface area contributed by atoms with E-state index in [0.29, 0.717) is 13.0 Å². The SMILES string of the molecule is O=C(CCSc1ccccc1Cl)NCCc1cscn1. The van der Waals surface area contributed by atoms with Crippen LogP contribution in [0.4, 0.5) is 0 Å². The van der Waals surface area contributed by atoms with E-state index in [1.54, 1.807) is 28.6 Å². The van der Waals surface area contributed by atoms with Crippen LogP contribution in [-0.2, 0) is 11.2 Å². The zero-order valence-electron chi connectivity index (χ0n) is 10.8. The van der Waals surface area contributed by atoms with E-state index in [0.717, 1.165) is 27.8 Å². The highest BCUT2D eigenvalue weighted by atomic mass is 35.5. The van der Waals surface area contributed by atoms with Gasteiger partial charge in [0.2, 0.25) is 5.91 Å². The number of nitrogens with zero attached hydrogens (tertiary/aromatic N) is 1. The van der Waals surface area contributed by atoms with E-state index in [1.165, 1.54) is 0 Å². The van der Waals surface area contributed by atoms with Gasteiger partial charge in [-0.25, -0.2) is 4.98 Å². The first-order valence-corrected chi connectivity index (χ1v) is 8.57. The molecule has 106 valence electrons. The normalized spacial score (nSPS) is 10.4. The molecule has 0 radical (unpaired) electrons. The van der Waals surface area contributed by atoms with Gasteiger partial charge in [-0.1, -0.05) is 23.7 Å². The lowest BCUT2D eigenvalue weighted by Crippen LogP contribution is -2.25. The second-order valence-electron chi connectivity index (χ2n) is 4.11. The highest BCUT2D eigenvalue weighted by Crippen LogP contribution is 2.26. The van der Waals surface area contributed by atoms with Gasteiger partial charge in [0.05, 0.1) is 16.2 Å². The minimum Gasteiger partial charge on any atom is -0.356 e. The van der Waals surface area contributed by atoms with Crippen molar-refractivity contribution in [2.24, 2.45) is 0 Å². The van der Waals surface area contributed by atoms with Crippen molar-refractivity contribution in [3.05, 3.63) is 45.9 Å². The Morgan fingerprint density at radius 1 is 1.40 bits per heavy atom. The molecule has 2 rings (SSSR count). The van der Waals surface area contributed by atoms with E-state index >= 15 is 0 Å². The molecule has 1 aromatic heterocycles. The van der Waals surface area contributed by atoms with Crippen LogP contribution in [0, 0.1) is 0 Å². The molecule has 0 unspecified atom stereocenters. The first kappa shape index (κ1) is 15.4. The molecular formula is C14H15ClN2OS2. The number of halogens is 1. The number of thiazole rings is 1. The average Bonchev–Trinajstić information content (AvgIpc) is 2.94. The lowest BCUT2D eigenvalue weighted by atomic mass is 10.3. The Morgan fingerprint density at radius 3 is 3.00 bits per heavy atom. The summed E-state index contributed by atoms with van der Waals surface area (Å²) in [5.41, 5.74) is 2.83. The Labute approximate surface area is 131 Å². The van der Waals surface area contributed by atoms with Gasteiger partial charge in [-0.15, -0.1) is 23.1 Å². The fourth-order valence-corrected chi connectivity index (χ4v) is 3.38. The predicted octanol–water partition coefficient (Wildman–Crippen LogP) is 3.64. The second kappa shape index (κ2) is 8.29. The molecule has 0 atom stereocenters. The van der Waals surface area contributed by atoms with E-state index in [4.69, 9.17) is 11.6 Å². The Kier molecular flexibility index (Phi) is 6.36. The van der Waals surface area contributed by atoms with E-state index in [1.807, 2.05) is 29.6 Å². The first-order chi connectivity index (χ1) is 9.75. The van der Waals surface area contributed by atoms with Crippen LogP contribution in [0.5, 0.6) is 0 Å². The van der Waals surface area contributed by atoms with Crippen LogP contribution in [0.25, 0.3) is 0 Å². The molecule has 0 aliphatic heterocycles. The van der Waals surface area contributed by atoms with E-state index in [9.17, 15) is 4.79 Å². The minimum absolute atomic E-state index is 0.0692. The third-order valence-corrected chi connectivity index (χ3v) is 4.76. The van der Waals surface area contributed by atoms with Gasteiger partial charge in [-0.3, -0.25) is 4.79 Å². The minimum atomic E-state index is 0.0692. The van der Waals surface area contributed by atoms with Crippen molar-refractivity contribution in [2.75, 3.05) is 12.3 Å². The number of amides is 1. The second-order valence-corrected chi connectivity index (χ2v) is 6.37.